The number of methoxy groups -OCH3 is 3. The lowest BCUT2D eigenvalue weighted by Gasteiger charge is -2.35. The van der Waals surface area contributed by atoms with Crippen molar-refractivity contribution < 1.29 is 23.8 Å². The normalized spacial score (nSPS) is 15.3. The third kappa shape index (κ3) is 4.84. The minimum Gasteiger partial charge on any atom is -0.493 e. The van der Waals surface area contributed by atoms with E-state index in [0.717, 1.165) is 0 Å². The molecular formula is C20H30N2O5. The van der Waals surface area contributed by atoms with E-state index in [1.807, 2.05) is 25.7 Å². The lowest BCUT2D eigenvalue weighted by molar-refractivity contribution is -0.142. The lowest BCUT2D eigenvalue weighted by Crippen LogP contribution is -2.45. The molecule has 0 spiro atoms. The zero-order valence-corrected chi connectivity index (χ0v) is 17.0. The van der Waals surface area contributed by atoms with Crippen molar-refractivity contribution in [3.8, 4) is 17.2 Å². The Kier molecular flexibility index (Phi) is 6.57. The van der Waals surface area contributed by atoms with Gasteiger partial charge < -0.3 is 24.4 Å². The topological polar surface area (TPSA) is 77.1 Å². The summed E-state index contributed by atoms with van der Waals surface area (Å²) in [5.41, 5.74) is 0.188. The maximum absolute atomic E-state index is 12.7. The van der Waals surface area contributed by atoms with Gasteiger partial charge in [-0.05, 0) is 12.8 Å². The van der Waals surface area contributed by atoms with Crippen molar-refractivity contribution in [3.05, 3.63) is 12.1 Å². The predicted molar refractivity (Wildman–Crippen MR) is 103 cm³/mol. The number of amides is 2. The van der Waals surface area contributed by atoms with Crippen LogP contribution in [0.3, 0.4) is 0 Å². The molecule has 1 aromatic carbocycles. The van der Waals surface area contributed by atoms with Crippen LogP contribution in [0.2, 0.25) is 0 Å². The van der Waals surface area contributed by atoms with Gasteiger partial charge in [-0.3, -0.25) is 9.59 Å². The molecule has 7 heteroatoms. The molecule has 0 bridgehead atoms. The Morgan fingerprint density at radius 3 is 1.93 bits per heavy atom. The number of likely N-dealkylation sites (tertiary alicyclic amines) is 1. The molecule has 0 aromatic heterocycles. The number of benzene rings is 1. The Bertz CT molecular complexity index is 663. The minimum atomic E-state index is -0.398. The second kappa shape index (κ2) is 8.50. The van der Waals surface area contributed by atoms with Crippen LogP contribution < -0.4 is 19.5 Å². The molecule has 0 aliphatic carbocycles. The third-order valence-corrected chi connectivity index (χ3v) is 4.73. The Morgan fingerprint density at radius 2 is 1.52 bits per heavy atom. The summed E-state index contributed by atoms with van der Waals surface area (Å²) in [7, 11) is 4.60. The molecule has 2 rings (SSSR count). The zero-order valence-electron chi connectivity index (χ0n) is 17.0. The average molecular weight is 378 g/mol. The molecule has 1 fully saturated rings. The average Bonchev–Trinajstić information content (AvgIpc) is 2.65. The van der Waals surface area contributed by atoms with E-state index in [1.54, 1.807) is 12.1 Å². The molecule has 1 heterocycles. The SMILES string of the molecule is COc1cc(NC(=O)C2CCN(C(=O)C(C)(C)C)CC2)cc(OC)c1OC. The van der Waals surface area contributed by atoms with Crippen molar-refractivity contribution in [3.63, 3.8) is 0 Å². The van der Waals surface area contributed by atoms with Crippen molar-refractivity contribution in [1.29, 1.82) is 0 Å². The highest BCUT2D eigenvalue weighted by Gasteiger charge is 2.32. The number of rotatable bonds is 5. The van der Waals surface area contributed by atoms with Gasteiger partial charge in [0, 0.05) is 42.2 Å². The Labute approximate surface area is 161 Å². The zero-order chi connectivity index (χ0) is 20.2. The number of carbonyl (C=O) groups excluding carboxylic acids is 2. The molecule has 150 valence electrons. The molecule has 1 aromatic rings. The second-order valence-corrected chi connectivity index (χ2v) is 7.72. The number of carbonyl (C=O) groups is 2. The largest absolute Gasteiger partial charge is 0.493 e. The first kappa shape index (κ1) is 20.9. The van der Waals surface area contributed by atoms with Crippen LogP contribution in [0.4, 0.5) is 5.69 Å². The fourth-order valence-corrected chi connectivity index (χ4v) is 3.22. The maximum Gasteiger partial charge on any atom is 0.227 e. The first-order chi connectivity index (χ1) is 12.7. The molecule has 0 atom stereocenters. The highest BCUT2D eigenvalue weighted by atomic mass is 16.5. The van der Waals surface area contributed by atoms with Gasteiger partial charge in [0.2, 0.25) is 17.6 Å². The van der Waals surface area contributed by atoms with Crippen molar-refractivity contribution in [2.24, 2.45) is 11.3 Å². The predicted octanol–water partition coefficient (Wildman–Crippen LogP) is 2.94. The van der Waals surface area contributed by atoms with Crippen LogP contribution in [0.1, 0.15) is 33.6 Å². The molecular weight excluding hydrogens is 348 g/mol. The van der Waals surface area contributed by atoms with Gasteiger partial charge in [0.1, 0.15) is 0 Å². The van der Waals surface area contributed by atoms with Crippen LogP contribution in [0.25, 0.3) is 0 Å². The summed E-state index contributed by atoms with van der Waals surface area (Å²) in [4.78, 5) is 26.9. The van der Waals surface area contributed by atoms with Gasteiger partial charge in [-0.1, -0.05) is 20.8 Å². The van der Waals surface area contributed by atoms with Gasteiger partial charge in [0.25, 0.3) is 0 Å². The van der Waals surface area contributed by atoms with E-state index < -0.39 is 5.41 Å². The number of anilines is 1. The number of hydrogen-bond donors (Lipinski definition) is 1. The summed E-state index contributed by atoms with van der Waals surface area (Å²) in [6.45, 7) is 6.95. The molecule has 1 N–H and O–H groups in total. The number of ether oxygens (including phenoxy) is 3. The molecule has 1 aliphatic heterocycles. The molecule has 7 nitrogen and oxygen atoms in total. The van der Waals surface area contributed by atoms with Gasteiger partial charge >= 0.3 is 0 Å². The van der Waals surface area contributed by atoms with Crippen molar-refractivity contribution >= 4 is 17.5 Å². The maximum atomic E-state index is 12.7. The van der Waals surface area contributed by atoms with Gasteiger partial charge in [-0.25, -0.2) is 0 Å². The van der Waals surface area contributed by atoms with Crippen molar-refractivity contribution in [2.75, 3.05) is 39.7 Å². The summed E-state index contributed by atoms with van der Waals surface area (Å²) >= 11 is 0. The van der Waals surface area contributed by atoms with Crippen LogP contribution in [0.5, 0.6) is 17.2 Å². The summed E-state index contributed by atoms with van der Waals surface area (Å²) in [6, 6.07) is 3.41. The molecule has 1 saturated heterocycles. The molecule has 27 heavy (non-hydrogen) atoms. The Morgan fingerprint density at radius 1 is 1.00 bits per heavy atom. The highest BCUT2D eigenvalue weighted by Crippen LogP contribution is 2.40. The number of hydrogen-bond acceptors (Lipinski definition) is 5. The summed E-state index contributed by atoms with van der Waals surface area (Å²) in [5.74, 6) is 1.38. The third-order valence-electron chi connectivity index (χ3n) is 4.73. The van der Waals surface area contributed by atoms with Crippen LogP contribution in [-0.4, -0.2) is 51.1 Å². The van der Waals surface area contributed by atoms with Gasteiger partial charge in [-0.2, -0.15) is 0 Å². The van der Waals surface area contributed by atoms with E-state index in [9.17, 15) is 9.59 Å². The quantitative estimate of drug-likeness (QED) is 0.852. The summed E-state index contributed by atoms with van der Waals surface area (Å²) in [6.07, 6.45) is 1.30. The van der Waals surface area contributed by atoms with Crippen LogP contribution >= 0.6 is 0 Å². The molecule has 0 saturated carbocycles. The number of nitrogens with one attached hydrogen (secondary N) is 1. The van der Waals surface area contributed by atoms with E-state index >= 15 is 0 Å². The first-order valence-electron chi connectivity index (χ1n) is 9.11. The molecule has 2 amide bonds. The second-order valence-electron chi connectivity index (χ2n) is 7.72. The molecule has 1 aliphatic rings. The van der Waals surface area contributed by atoms with E-state index in [-0.39, 0.29) is 17.7 Å². The van der Waals surface area contributed by atoms with Crippen LogP contribution in [-0.2, 0) is 9.59 Å². The first-order valence-corrected chi connectivity index (χ1v) is 9.11. The minimum absolute atomic E-state index is 0.0628. The van der Waals surface area contributed by atoms with E-state index in [0.29, 0.717) is 48.9 Å². The van der Waals surface area contributed by atoms with Gasteiger partial charge in [0.15, 0.2) is 11.5 Å². The standard InChI is InChI=1S/C20H30N2O5/c1-20(2,3)19(24)22-9-7-13(8-10-22)18(23)21-14-11-15(25-4)17(27-6)16(12-14)26-5/h11-13H,7-10H2,1-6H3,(H,21,23). The van der Waals surface area contributed by atoms with Crippen LogP contribution in [0, 0.1) is 11.3 Å². The fraction of sp³-hybridized carbons (Fsp3) is 0.600. The fourth-order valence-electron chi connectivity index (χ4n) is 3.22. The monoisotopic (exact) mass is 378 g/mol. The van der Waals surface area contributed by atoms with Crippen molar-refractivity contribution in [1.82, 2.24) is 4.90 Å². The van der Waals surface area contributed by atoms with Crippen LogP contribution in [0.15, 0.2) is 12.1 Å². The van der Waals surface area contributed by atoms with E-state index in [2.05, 4.69) is 5.32 Å². The van der Waals surface area contributed by atoms with Gasteiger partial charge in [0.05, 0.1) is 21.3 Å². The Balaban J connectivity index is 2.03. The summed E-state index contributed by atoms with van der Waals surface area (Å²) in [5, 5.41) is 2.93. The molecule has 0 unspecified atom stereocenters. The summed E-state index contributed by atoms with van der Waals surface area (Å²) < 4.78 is 15.9. The Hall–Kier alpha value is -2.44. The highest BCUT2D eigenvalue weighted by molar-refractivity contribution is 5.93. The number of piperidine rings is 1. The lowest BCUT2D eigenvalue weighted by atomic mass is 9.90. The molecule has 0 radical (unpaired) electrons. The van der Waals surface area contributed by atoms with Crippen molar-refractivity contribution in [2.45, 2.75) is 33.6 Å². The van der Waals surface area contributed by atoms with E-state index in [1.165, 1.54) is 21.3 Å². The van der Waals surface area contributed by atoms with E-state index in [4.69, 9.17) is 14.2 Å². The van der Waals surface area contributed by atoms with Gasteiger partial charge in [-0.15, -0.1) is 0 Å². The smallest absolute Gasteiger partial charge is 0.227 e. The number of nitrogens with zero attached hydrogens (tertiary/aromatic N) is 1.